The first-order chi connectivity index (χ1) is 7.04. The first kappa shape index (κ1) is 20.4. The maximum atomic E-state index is 10.00. The van der Waals surface area contributed by atoms with Gasteiger partial charge in [-0.15, -0.1) is 0 Å². The van der Waals surface area contributed by atoms with E-state index >= 15 is 0 Å². The molecule has 0 aliphatic carbocycles. The van der Waals surface area contributed by atoms with Crippen molar-refractivity contribution in [1.29, 1.82) is 0 Å². The average molecular weight is 266 g/mol. The summed E-state index contributed by atoms with van der Waals surface area (Å²) in [6, 6.07) is 0. The summed E-state index contributed by atoms with van der Waals surface area (Å²) >= 11 is 0. The molecule has 2 nitrogen and oxygen atoms in total. The van der Waals surface area contributed by atoms with Crippen molar-refractivity contribution in [3.63, 3.8) is 0 Å². The van der Waals surface area contributed by atoms with Gasteiger partial charge in [-0.05, 0) is 38.5 Å². The van der Waals surface area contributed by atoms with Crippen LogP contribution in [0.3, 0.4) is 0 Å². The van der Waals surface area contributed by atoms with Crippen LogP contribution >= 0.6 is 0 Å². The molecule has 0 aromatic carbocycles. The minimum atomic E-state index is -1.00. The fraction of sp³-hybridized carbons (Fsp3) is 0.857. The van der Waals surface area contributed by atoms with Crippen molar-refractivity contribution in [2.75, 3.05) is 0 Å². The van der Waals surface area contributed by atoms with Gasteiger partial charge in [0.2, 0.25) is 0 Å². The number of hydrogen-bond acceptors (Lipinski definition) is 2. The number of rotatable bonds is 4. The molecule has 0 aromatic heterocycles. The van der Waals surface area contributed by atoms with E-state index in [0.717, 1.165) is 0 Å². The van der Waals surface area contributed by atoms with Crippen molar-refractivity contribution in [3.05, 3.63) is 0 Å². The molecule has 3 heteroatoms. The molecular formula is C14H27KO2. The van der Waals surface area contributed by atoms with Gasteiger partial charge < -0.3 is 10.2 Å². The Labute approximate surface area is 149 Å². The number of aliphatic hydroxyl groups is 2. The van der Waals surface area contributed by atoms with Crippen molar-refractivity contribution in [2.45, 2.75) is 65.6 Å². The zero-order valence-corrected chi connectivity index (χ0v) is 11.5. The summed E-state index contributed by atoms with van der Waals surface area (Å²) in [7, 11) is 0. The third-order valence-corrected chi connectivity index (χ3v) is 2.21. The second-order valence-corrected chi connectivity index (χ2v) is 5.99. The molecule has 2 atom stereocenters. The van der Waals surface area contributed by atoms with Gasteiger partial charge >= 0.3 is 51.4 Å². The monoisotopic (exact) mass is 266 g/mol. The van der Waals surface area contributed by atoms with Gasteiger partial charge in [-0.2, -0.15) is 0 Å². The van der Waals surface area contributed by atoms with E-state index in [1.807, 2.05) is 27.7 Å². The van der Waals surface area contributed by atoms with Gasteiger partial charge in [0, 0.05) is 0 Å². The van der Waals surface area contributed by atoms with E-state index in [9.17, 15) is 10.2 Å². The van der Waals surface area contributed by atoms with Crippen molar-refractivity contribution in [2.24, 2.45) is 11.8 Å². The van der Waals surface area contributed by atoms with Crippen LogP contribution in [0, 0.1) is 23.7 Å². The van der Waals surface area contributed by atoms with Crippen LogP contribution in [0.15, 0.2) is 0 Å². The summed E-state index contributed by atoms with van der Waals surface area (Å²) in [5, 5.41) is 20.0. The molecule has 0 radical (unpaired) electrons. The Hall–Kier alpha value is 1.12. The molecule has 0 saturated heterocycles. The topological polar surface area (TPSA) is 40.5 Å². The molecule has 0 heterocycles. The van der Waals surface area contributed by atoms with E-state index in [1.54, 1.807) is 13.8 Å². The van der Waals surface area contributed by atoms with Crippen molar-refractivity contribution < 1.29 is 10.2 Å². The van der Waals surface area contributed by atoms with Crippen LogP contribution in [0.25, 0.3) is 0 Å². The molecule has 2 N–H and O–H groups in total. The Kier molecular flexibility index (Phi) is 10.0. The quantitative estimate of drug-likeness (QED) is 0.603. The normalized spacial score (nSPS) is 17.8. The summed E-state index contributed by atoms with van der Waals surface area (Å²) in [6.45, 7) is 11.6. The van der Waals surface area contributed by atoms with Crippen LogP contribution < -0.4 is 0 Å². The molecule has 0 amide bonds. The van der Waals surface area contributed by atoms with E-state index in [0.29, 0.717) is 24.7 Å². The molecule has 2 unspecified atom stereocenters. The van der Waals surface area contributed by atoms with Crippen LogP contribution in [-0.2, 0) is 0 Å². The Morgan fingerprint density at radius 3 is 1.24 bits per heavy atom. The molecule has 0 aliphatic heterocycles. The Morgan fingerprint density at radius 1 is 0.824 bits per heavy atom. The molecule has 0 bridgehead atoms. The van der Waals surface area contributed by atoms with Gasteiger partial charge in [0.25, 0.3) is 0 Å². The van der Waals surface area contributed by atoms with Gasteiger partial charge in [-0.3, -0.25) is 0 Å². The molecule has 17 heavy (non-hydrogen) atoms. The fourth-order valence-electron chi connectivity index (χ4n) is 1.96. The van der Waals surface area contributed by atoms with Crippen molar-refractivity contribution in [1.82, 2.24) is 0 Å². The Balaban J connectivity index is 0. The van der Waals surface area contributed by atoms with Gasteiger partial charge in [-0.1, -0.05) is 39.5 Å². The van der Waals surface area contributed by atoms with E-state index in [4.69, 9.17) is 0 Å². The van der Waals surface area contributed by atoms with Crippen LogP contribution in [-0.4, -0.2) is 72.8 Å². The van der Waals surface area contributed by atoms with Crippen molar-refractivity contribution in [3.8, 4) is 11.8 Å². The fourth-order valence-corrected chi connectivity index (χ4v) is 1.96. The Morgan fingerprint density at radius 2 is 1.06 bits per heavy atom. The molecule has 0 fully saturated rings. The van der Waals surface area contributed by atoms with Crippen LogP contribution in [0.4, 0.5) is 0 Å². The van der Waals surface area contributed by atoms with Gasteiger partial charge in [0.05, 0.1) is 0 Å². The predicted octanol–water partition coefficient (Wildman–Crippen LogP) is 1.94. The first-order valence-corrected chi connectivity index (χ1v) is 6.03. The SMILES string of the molecule is CC(C)CC(C)(O)C#CC(C)(O)CC(C)C.[KH]. The average Bonchev–Trinajstić information content (AvgIpc) is 1.96. The van der Waals surface area contributed by atoms with Crippen molar-refractivity contribution >= 4 is 51.4 Å². The summed E-state index contributed by atoms with van der Waals surface area (Å²) in [5.74, 6) is 6.36. The van der Waals surface area contributed by atoms with Crippen LogP contribution in [0.2, 0.25) is 0 Å². The third kappa shape index (κ3) is 11.9. The maximum absolute atomic E-state index is 10.00. The summed E-state index contributed by atoms with van der Waals surface area (Å²) in [4.78, 5) is 0. The Bertz CT molecular complexity index is 244. The summed E-state index contributed by atoms with van der Waals surface area (Å²) in [5.41, 5.74) is -2.01. The zero-order valence-electron chi connectivity index (χ0n) is 11.5. The van der Waals surface area contributed by atoms with Gasteiger partial charge in [-0.25, -0.2) is 0 Å². The summed E-state index contributed by atoms with van der Waals surface area (Å²) in [6.07, 6.45) is 1.25. The molecule has 0 spiro atoms. The van der Waals surface area contributed by atoms with Crippen LogP contribution in [0.5, 0.6) is 0 Å². The van der Waals surface area contributed by atoms with E-state index < -0.39 is 11.2 Å². The zero-order chi connectivity index (χ0) is 13.0. The molecule has 0 rings (SSSR count). The van der Waals surface area contributed by atoms with E-state index in [1.165, 1.54) is 0 Å². The molecule has 0 saturated carbocycles. The van der Waals surface area contributed by atoms with E-state index in [2.05, 4.69) is 11.8 Å². The second-order valence-electron chi connectivity index (χ2n) is 5.99. The van der Waals surface area contributed by atoms with E-state index in [-0.39, 0.29) is 51.4 Å². The minimum absolute atomic E-state index is 0. The summed E-state index contributed by atoms with van der Waals surface area (Å²) < 4.78 is 0. The molecular weight excluding hydrogens is 239 g/mol. The van der Waals surface area contributed by atoms with Crippen LogP contribution in [0.1, 0.15) is 54.4 Å². The third-order valence-electron chi connectivity index (χ3n) is 2.21. The number of hydrogen-bond donors (Lipinski definition) is 2. The second kappa shape index (κ2) is 8.32. The predicted molar refractivity (Wildman–Crippen MR) is 75.1 cm³/mol. The molecule has 96 valence electrons. The standard InChI is InChI=1S/C14H26O2.K.H/c1-11(2)9-13(5,15)7-8-14(6,16)10-12(3)4;;/h11-12,15-16H,9-10H2,1-6H3;;. The molecule has 0 aromatic rings. The first-order valence-electron chi connectivity index (χ1n) is 6.03. The molecule has 0 aliphatic rings. The van der Waals surface area contributed by atoms with Gasteiger partial charge in [0.1, 0.15) is 11.2 Å². The van der Waals surface area contributed by atoms with Gasteiger partial charge in [0.15, 0.2) is 0 Å².